The molecule has 2 N–H and O–H groups in total. The molecule has 0 bridgehead atoms. The van der Waals surface area contributed by atoms with Crippen molar-refractivity contribution in [2.45, 2.75) is 32.1 Å². The fourth-order valence-corrected chi connectivity index (χ4v) is 2.84. The van der Waals surface area contributed by atoms with E-state index in [0.717, 1.165) is 50.7 Å². The van der Waals surface area contributed by atoms with E-state index in [1.807, 2.05) is 12.1 Å². The number of nitrogens with one attached hydrogen (secondary N) is 2. The highest BCUT2D eigenvalue weighted by Crippen LogP contribution is 2.35. The fourth-order valence-electron chi connectivity index (χ4n) is 2.84. The number of rotatable bonds is 5. The van der Waals surface area contributed by atoms with E-state index >= 15 is 0 Å². The summed E-state index contributed by atoms with van der Waals surface area (Å²) in [5, 5.41) is 6.50. The maximum absolute atomic E-state index is 13.2. The van der Waals surface area contributed by atoms with Crippen molar-refractivity contribution in [1.82, 2.24) is 10.6 Å². The molecule has 1 aliphatic rings. The van der Waals surface area contributed by atoms with Crippen molar-refractivity contribution in [3.05, 3.63) is 35.6 Å². The Kier molecular flexibility index (Phi) is 8.83. The van der Waals surface area contributed by atoms with Crippen LogP contribution >= 0.6 is 24.0 Å². The van der Waals surface area contributed by atoms with Gasteiger partial charge in [0.05, 0.1) is 6.54 Å². The van der Waals surface area contributed by atoms with Crippen LogP contribution in [0, 0.1) is 5.82 Å². The number of hydrogen-bond donors (Lipinski definition) is 2. The molecule has 1 saturated heterocycles. The summed E-state index contributed by atoms with van der Waals surface area (Å²) in [5.74, 6) is 0.633. The third-order valence-corrected chi connectivity index (χ3v) is 4.13. The van der Waals surface area contributed by atoms with Gasteiger partial charge in [-0.2, -0.15) is 0 Å². The summed E-state index contributed by atoms with van der Waals surface area (Å²) in [6, 6.07) is 6.84. The Labute approximate surface area is 155 Å². The lowest BCUT2D eigenvalue weighted by molar-refractivity contribution is 0.0531. The summed E-state index contributed by atoms with van der Waals surface area (Å²) in [6.07, 6.45) is 1.82. The number of hydrogen-bond acceptors (Lipinski definition) is 2. The molecule has 0 aliphatic carbocycles. The van der Waals surface area contributed by atoms with Crippen molar-refractivity contribution in [2.75, 3.05) is 32.8 Å². The Hall–Kier alpha value is -0.890. The number of benzene rings is 1. The van der Waals surface area contributed by atoms with Crippen LogP contribution in [0.5, 0.6) is 0 Å². The van der Waals surface area contributed by atoms with Gasteiger partial charge in [0.2, 0.25) is 0 Å². The molecular weight excluding hydrogens is 408 g/mol. The van der Waals surface area contributed by atoms with Gasteiger partial charge < -0.3 is 15.4 Å². The zero-order valence-corrected chi connectivity index (χ0v) is 16.2. The normalized spacial score (nSPS) is 16.1. The SMILES string of the molecule is CCNC(=NCC1(c2ccc(F)cc2)CCOCC1)NCC.I. The predicted octanol–water partition coefficient (Wildman–Crippen LogP) is 3.07. The lowest BCUT2D eigenvalue weighted by atomic mass is 9.74. The van der Waals surface area contributed by atoms with Gasteiger partial charge in [-0.1, -0.05) is 12.1 Å². The van der Waals surface area contributed by atoms with Crippen molar-refractivity contribution < 1.29 is 9.13 Å². The summed E-state index contributed by atoms with van der Waals surface area (Å²) in [6.45, 7) is 7.90. The average molecular weight is 435 g/mol. The highest BCUT2D eigenvalue weighted by molar-refractivity contribution is 14.0. The largest absolute Gasteiger partial charge is 0.381 e. The van der Waals surface area contributed by atoms with Crippen LogP contribution in [0.15, 0.2) is 29.3 Å². The van der Waals surface area contributed by atoms with Crippen LogP contribution in [-0.4, -0.2) is 38.8 Å². The number of guanidine groups is 1. The first-order valence-electron chi connectivity index (χ1n) is 8.06. The first kappa shape index (κ1) is 20.2. The second-order valence-corrected chi connectivity index (χ2v) is 5.63. The van der Waals surface area contributed by atoms with Crippen LogP contribution in [0.3, 0.4) is 0 Å². The average Bonchev–Trinajstić information content (AvgIpc) is 2.54. The summed E-state index contributed by atoms with van der Waals surface area (Å²) < 4.78 is 18.7. The molecule has 0 amide bonds. The first-order chi connectivity index (χ1) is 10.7. The Morgan fingerprint density at radius 1 is 1.13 bits per heavy atom. The highest BCUT2D eigenvalue weighted by atomic mass is 127. The van der Waals surface area contributed by atoms with Gasteiger partial charge in [0.1, 0.15) is 5.82 Å². The van der Waals surface area contributed by atoms with Gasteiger partial charge in [0.15, 0.2) is 5.96 Å². The van der Waals surface area contributed by atoms with Gasteiger partial charge in [0, 0.05) is 31.7 Å². The van der Waals surface area contributed by atoms with Crippen LogP contribution in [0.25, 0.3) is 0 Å². The number of aliphatic imine (C=N–C) groups is 1. The molecule has 4 nitrogen and oxygen atoms in total. The maximum Gasteiger partial charge on any atom is 0.191 e. The fraction of sp³-hybridized carbons (Fsp3) is 0.588. The Balaban J connectivity index is 0.00000264. The van der Waals surface area contributed by atoms with Crippen LogP contribution in [0.1, 0.15) is 32.3 Å². The summed E-state index contributed by atoms with van der Waals surface area (Å²) in [7, 11) is 0. The minimum atomic E-state index is -0.199. The van der Waals surface area contributed by atoms with Crippen LogP contribution in [0.2, 0.25) is 0 Å². The van der Waals surface area contributed by atoms with Gasteiger partial charge in [-0.05, 0) is 44.4 Å². The zero-order chi connectivity index (χ0) is 15.8. The predicted molar refractivity (Wildman–Crippen MR) is 103 cm³/mol. The molecular formula is C17H27FIN3O. The van der Waals surface area contributed by atoms with Gasteiger partial charge in [-0.25, -0.2) is 4.39 Å². The molecule has 1 heterocycles. The van der Waals surface area contributed by atoms with Crippen molar-refractivity contribution in [3.8, 4) is 0 Å². The van der Waals surface area contributed by atoms with Crippen molar-refractivity contribution in [2.24, 2.45) is 4.99 Å². The minimum Gasteiger partial charge on any atom is -0.381 e. The molecule has 130 valence electrons. The standard InChI is InChI=1S/C17H26FN3O.HI/c1-3-19-16(20-4-2)21-13-17(9-11-22-12-10-17)14-5-7-15(18)8-6-14;/h5-8H,3-4,9-13H2,1-2H3,(H2,19,20,21);1H. The molecule has 0 atom stereocenters. The number of nitrogens with zero attached hydrogens (tertiary/aromatic N) is 1. The van der Waals surface area contributed by atoms with Crippen LogP contribution in [-0.2, 0) is 10.2 Å². The molecule has 1 fully saturated rings. The van der Waals surface area contributed by atoms with Crippen LogP contribution < -0.4 is 10.6 Å². The summed E-state index contributed by atoms with van der Waals surface area (Å²) >= 11 is 0. The number of ether oxygens (including phenoxy) is 1. The van der Waals surface area contributed by atoms with Gasteiger partial charge >= 0.3 is 0 Å². The topological polar surface area (TPSA) is 45.7 Å². The molecule has 0 radical (unpaired) electrons. The summed E-state index contributed by atoms with van der Waals surface area (Å²) in [4.78, 5) is 4.74. The van der Waals surface area contributed by atoms with E-state index in [-0.39, 0.29) is 35.2 Å². The van der Waals surface area contributed by atoms with Crippen LogP contribution in [0.4, 0.5) is 4.39 Å². The molecule has 0 saturated carbocycles. The second-order valence-electron chi connectivity index (χ2n) is 5.63. The Morgan fingerprint density at radius 2 is 1.70 bits per heavy atom. The molecule has 23 heavy (non-hydrogen) atoms. The lowest BCUT2D eigenvalue weighted by Crippen LogP contribution is -2.41. The van der Waals surface area contributed by atoms with E-state index in [0.29, 0.717) is 6.54 Å². The molecule has 0 spiro atoms. The molecule has 1 aromatic carbocycles. The van der Waals surface area contributed by atoms with Gasteiger partial charge in [-0.3, -0.25) is 4.99 Å². The number of halogens is 2. The van der Waals surface area contributed by atoms with E-state index in [4.69, 9.17) is 9.73 Å². The molecule has 1 aromatic rings. The summed E-state index contributed by atoms with van der Waals surface area (Å²) in [5.41, 5.74) is 1.08. The van der Waals surface area contributed by atoms with E-state index in [1.165, 1.54) is 12.1 Å². The van der Waals surface area contributed by atoms with Gasteiger partial charge in [0.25, 0.3) is 0 Å². The Morgan fingerprint density at radius 3 is 2.22 bits per heavy atom. The monoisotopic (exact) mass is 435 g/mol. The molecule has 1 aliphatic heterocycles. The zero-order valence-electron chi connectivity index (χ0n) is 13.9. The minimum absolute atomic E-state index is 0. The molecule has 6 heteroatoms. The maximum atomic E-state index is 13.2. The molecule has 0 unspecified atom stereocenters. The second kappa shape index (κ2) is 10.1. The Bertz CT molecular complexity index is 479. The smallest absolute Gasteiger partial charge is 0.191 e. The molecule has 0 aromatic heterocycles. The molecule has 2 rings (SSSR count). The quantitative estimate of drug-likeness (QED) is 0.425. The third-order valence-electron chi connectivity index (χ3n) is 4.13. The lowest BCUT2D eigenvalue weighted by Gasteiger charge is -2.36. The van der Waals surface area contributed by atoms with E-state index in [2.05, 4.69) is 24.5 Å². The third kappa shape index (κ3) is 5.60. The first-order valence-corrected chi connectivity index (χ1v) is 8.06. The van der Waals surface area contributed by atoms with Crippen molar-refractivity contribution in [3.63, 3.8) is 0 Å². The van der Waals surface area contributed by atoms with E-state index < -0.39 is 0 Å². The van der Waals surface area contributed by atoms with Crippen molar-refractivity contribution in [1.29, 1.82) is 0 Å². The van der Waals surface area contributed by atoms with E-state index in [1.54, 1.807) is 0 Å². The van der Waals surface area contributed by atoms with Gasteiger partial charge in [-0.15, -0.1) is 24.0 Å². The highest BCUT2D eigenvalue weighted by Gasteiger charge is 2.34. The van der Waals surface area contributed by atoms with E-state index in [9.17, 15) is 4.39 Å². The van der Waals surface area contributed by atoms with Crippen molar-refractivity contribution >= 4 is 29.9 Å².